The Morgan fingerprint density at radius 1 is 0.533 bits per heavy atom. The number of nitrogens with zero attached hydrogens (tertiary/aromatic N) is 2. The Balaban J connectivity index is 1.42. The summed E-state index contributed by atoms with van der Waals surface area (Å²) in [5.41, 5.74) is 1.87. The molecule has 146 valence electrons. The minimum atomic E-state index is 0.601. The molecule has 4 aromatic carbocycles. The Hall–Kier alpha value is -3.20. The first kappa shape index (κ1) is 20.1. The highest BCUT2D eigenvalue weighted by molar-refractivity contribution is 6.50. The van der Waals surface area contributed by atoms with Crippen LogP contribution in [0.1, 0.15) is 11.1 Å². The predicted octanol–water partition coefficient (Wildman–Crippen LogP) is 7.91. The molecule has 0 aromatic heterocycles. The van der Waals surface area contributed by atoms with E-state index >= 15 is 0 Å². The van der Waals surface area contributed by atoms with Crippen LogP contribution >= 0.6 is 23.2 Å². The van der Waals surface area contributed by atoms with Crippen molar-refractivity contribution < 1.29 is 0 Å². The number of allylic oxidation sites excluding steroid dienone is 2. The second kappa shape index (κ2) is 9.53. The van der Waals surface area contributed by atoms with Crippen LogP contribution in [0.25, 0.3) is 31.6 Å². The van der Waals surface area contributed by atoms with Crippen LogP contribution in [0.4, 0.5) is 0 Å². The van der Waals surface area contributed by atoms with Gasteiger partial charge in [0.1, 0.15) is 0 Å². The van der Waals surface area contributed by atoms with Gasteiger partial charge in [-0.2, -0.15) is 10.2 Å². The minimum absolute atomic E-state index is 0.601. The monoisotopic (exact) mass is 428 g/mol. The molecule has 0 aliphatic rings. The van der Waals surface area contributed by atoms with Crippen molar-refractivity contribution in [2.24, 2.45) is 10.2 Å². The highest BCUT2D eigenvalue weighted by Gasteiger charge is 2.00. The molecule has 0 aliphatic heterocycles. The van der Waals surface area contributed by atoms with Gasteiger partial charge in [0.15, 0.2) is 0 Å². The Labute approximate surface area is 185 Å². The molecule has 0 N–H and O–H groups in total. The molecule has 0 saturated carbocycles. The van der Waals surface area contributed by atoms with Crippen LogP contribution in [0.2, 0.25) is 0 Å². The second-order valence-electron chi connectivity index (χ2n) is 6.68. The first-order valence-electron chi connectivity index (χ1n) is 9.47. The van der Waals surface area contributed by atoms with Crippen LogP contribution in [-0.4, -0.2) is 12.4 Å². The fourth-order valence-corrected chi connectivity index (χ4v) is 3.49. The zero-order valence-corrected chi connectivity index (χ0v) is 17.6. The third-order valence-corrected chi connectivity index (χ3v) is 5.38. The molecule has 0 spiro atoms. The number of hydrogen-bond acceptors (Lipinski definition) is 2. The summed E-state index contributed by atoms with van der Waals surface area (Å²) in [5.74, 6) is 0. The zero-order chi connectivity index (χ0) is 20.8. The van der Waals surface area contributed by atoms with Crippen molar-refractivity contribution in [1.82, 2.24) is 0 Å². The Morgan fingerprint density at radius 3 is 1.37 bits per heavy atom. The van der Waals surface area contributed by atoms with Crippen LogP contribution in [0.15, 0.2) is 107 Å². The number of halogens is 2. The molecule has 2 nitrogen and oxygen atoms in total. The molecule has 0 amide bonds. The lowest BCUT2D eigenvalue weighted by Crippen LogP contribution is -1.80. The van der Waals surface area contributed by atoms with Crippen molar-refractivity contribution in [3.05, 3.63) is 108 Å². The molecule has 0 radical (unpaired) electrons. The van der Waals surface area contributed by atoms with Crippen LogP contribution < -0.4 is 0 Å². The third kappa shape index (κ3) is 4.85. The van der Waals surface area contributed by atoms with Crippen molar-refractivity contribution in [2.75, 3.05) is 0 Å². The predicted molar refractivity (Wildman–Crippen MR) is 133 cm³/mol. The summed E-state index contributed by atoms with van der Waals surface area (Å²) in [5, 5.41) is 13.8. The van der Waals surface area contributed by atoms with E-state index in [4.69, 9.17) is 23.2 Å². The summed E-state index contributed by atoms with van der Waals surface area (Å²) in [7, 11) is 0. The summed E-state index contributed by atoms with van der Waals surface area (Å²) in [6.45, 7) is 0. The molecular formula is C26H18Cl2N2. The fourth-order valence-electron chi connectivity index (χ4n) is 3.14. The summed E-state index contributed by atoms with van der Waals surface area (Å²) in [6.07, 6.45) is 6.56. The molecule has 4 heteroatoms. The average Bonchev–Trinajstić information content (AvgIpc) is 2.80. The van der Waals surface area contributed by atoms with E-state index in [-0.39, 0.29) is 0 Å². The first-order valence-corrected chi connectivity index (χ1v) is 10.2. The smallest absolute Gasteiger partial charge is 0.0510 e. The molecule has 4 aromatic rings. The van der Waals surface area contributed by atoms with Crippen LogP contribution in [0, 0.1) is 0 Å². The number of hydrogen-bond donors (Lipinski definition) is 0. The number of benzene rings is 4. The topological polar surface area (TPSA) is 24.7 Å². The molecular weight excluding hydrogens is 411 g/mol. The van der Waals surface area contributed by atoms with Crippen LogP contribution in [-0.2, 0) is 0 Å². The molecule has 0 aliphatic carbocycles. The van der Waals surface area contributed by atoms with Crippen molar-refractivity contribution in [2.45, 2.75) is 0 Å². The van der Waals surface area contributed by atoms with Gasteiger partial charge >= 0.3 is 0 Å². The van der Waals surface area contributed by atoms with E-state index in [1.807, 2.05) is 36.4 Å². The largest absolute Gasteiger partial charge is 0.159 e. The lowest BCUT2D eigenvalue weighted by Gasteiger charge is -2.01. The molecule has 0 unspecified atom stereocenters. The SMILES string of the molecule is Cl\C(=C/C=N/N=C/C=C(\Cl)c1ccc2ccccc2c1)c1ccc2ccccc2c1. The maximum Gasteiger partial charge on any atom is 0.0510 e. The lowest BCUT2D eigenvalue weighted by atomic mass is 10.1. The Morgan fingerprint density at radius 2 is 0.933 bits per heavy atom. The van der Waals surface area contributed by atoms with Crippen LogP contribution in [0.5, 0.6) is 0 Å². The quantitative estimate of drug-likeness (QED) is 0.228. The summed E-state index contributed by atoms with van der Waals surface area (Å²) in [4.78, 5) is 0. The Kier molecular flexibility index (Phi) is 6.38. The summed E-state index contributed by atoms with van der Waals surface area (Å²) >= 11 is 12.8. The summed E-state index contributed by atoms with van der Waals surface area (Å²) < 4.78 is 0. The van der Waals surface area contributed by atoms with E-state index in [9.17, 15) is 0 Å². The molecule has 0 saturated heterocycles. The van der Waals surface area contributed by atoms with Gasteiger partial charge in [-0.15, -0.1) is 0 Å². The van der Waals surface area contributed by atoms with Gasteiger partial charge in [0, 0.05) is 10.1 Å². The minimum Gasteiger partial charge on any atom is -0.159 e. The molecule has 0 heterocycles. The maximum atomic E-state index is 6.38. The third-order valence-electron chi connectivity index (χ3n) is 4.69. The van der Waals surface area contributed by atoms with E-state index < -0.39 is 0 Å². The van der Waals surface area contributed by atoms with Gasteiger partial charge in [-0.05, 0) is 57.0 Å². The van der Waals surface area contributed by atoms with Gasteiger partial charge in [-0.1, -0.05) is 96.0 Å². The first-order chi connectivity index (χ1) is 14.7. The molecule has 4 rings (SSSR count). The highest BCUT2D eigenvalue weighted by atomic mass is 35.5. The lowest BCUT2D eigenvalue weighted by molar-refractivity contribution is 1.27. The van der Waals surface area contributed by atoms with Gasteiger partial charge in [0.2, 0.25) is 0 Å². The van der Waals surface area contributed by atoms with Crippen molar-refractivity contribution in [3.63, 3.8) is 0 Å². The number of rotatable bonds is 5. The van der Waals surface area contributed by atoms with Gasteiger partial charge in [0.05, 0.1) is 12.4 Å². The average molecular weight is 429 g/mol. The molecule has 0 bridgehead atoms. The zero-order valence-electron chi connectivity index (χ0n) is 16.0. The van der Waals surface area contributed by atoms with Crippen molar-refractivity contribution >= 4 is 67.2 Å². The normalized spacial score (nSPS) is 13.1. The van der Waals surface area contributed by atoms with E-state index in [1.165, 1.54) is 10.8 Å². The standard InChI is InChI=1S/C26H18Cl2N2/c27-25(23-11-9-19-5-1-3-7-21(19)17-23)13-15-29-30-16-14-26(28)24-12-10-20-6-2-4-8-22(20)18-24/h1-18H/b25-13-,26-14-,29-15+,30-16+. The van der Waals surface area contributed by atoms with Gasteiger partial charge in [-0.3, -0.25) is 0 Å². The van der Waals surface area contributed by atoms with Gasteiger partial charge in [0.25, 0.3) is 0 Å². The van der Waals surface area contributed by atoms with E-state index in [1.54, 1.807) is 24.6 Å². The van der Waals surface area contributed by atoms with E-state index in [2.05, 4.69) is 58.7 Å². The number of fused-ring (bicyclic) bond motifs is 2. The van der Waals surface area contributed by atoms with Gasteiger partial charge < -0.3 is 0 Å². The molecule has 0 fully saturated rings. The summed E-state index contributed by atoms with van der Waals surface area (Å²) in [6, 6.07) is 28.5. The van der Waals surface area contributed by atoms with Crippen molar-refractivity contribution in [1.29, 1.82) is 0 Å². The fraction of sp³-hybridized carbons (Fsp3) is 0. The van der Waals surface area contributed by atoms with E-state index in [0.717, 1.165) is 21.9 Å². The highest BCUT2D eigenvalue weighted by Crippen LogP contribution is 2.24. The Bertz CT molecular complexity index is 1210. The molecule has 0 atom stereocenters. The molecule has 30 heavy (non-hydrogen) atoms. The second-order valence-corrected chi connectivity index (χ2v) is 7.50. The van der Waals surface area contributed by atoms with Crippen LogP contribution in [0.3, 0.4) is 0 Å². The van der Waals surface area contributed by atoms with Gasteiger partial charge in [-0.25, -0.2) is 0 Å². The van der Waals surface area contributed by atoms with E-state index in [0.29, 0.717) is 10.1 Å². The van der Waals surface area contributed by atoms with Crippen molar-refractivity contribution in [3.8, 4) is 0 Å². The maximum absolute atomic E-state index is 6.38.